The molecular formula is C24H44. The van der Waals surface area contributed by atoms with Crippen LogP contribution in [0.25, 0.3) is 0 Å². The summed E-state index contributed by atoms with van der Waals surface area (Å²) in [6.45, 7) is 10.8. The molecule has 0 spiro atoms. The molecule has 0 heterocycles. The predicted octanol–water partition coefficient (Wildman–Crippen LogP) is 8.48. The zero-order chi connectivity index (χ0) is 17.6. The topological polar surface area (TPSA) is 0 Å². The number of hydrogen-bond acceptors (Lipinski definition) is 0. The van der Waals surface area contributed by atoms with E-state index >= 15 is 0 Å². The van der Waals surface area contributed by atoms with Crippen LogP contribution in [-0.4, -0.2) is 0 Å². The lowest BCUT2D eigenvalue weighted by Gasteiger charge is -2.21. The third kappa shape index (κ3) is 9.70. The molecule has 0 amide bonds. The van der Waals surface area contributed by atoms with Crippen molar-refractivity contribution < 1.29 is 0 Å². The maximum Gasteiger partial charge on any atom is -0.0234 e. The van der Waals surface area contributed by atoms with Crippen molar-refractivity contribution in [3.05, 3.63) is 24.3 Å². The molecular weight excluding hydrogens is 288 g/mol. The van der Waals surface area contributed by atoms with Gasteiger partial charge in [-0.05, 0) is 57.3 Å². The molecule has 0 bridgehead atoms. The summed E-state index contributed by atoms with van der Waals surface area (Å²) in [5.74, 6) is 2.91. The van der Waals surface area contributed by atoms with Crippen molar-refractivity contribution in [1.29, 1.82) is 0 Å². The van der Waals surface area contributed by atoms with Crippen molar-refractivity contribution in [2.75, 3.05) is 0 Å². The van der Waals surface area contributed by atoms with Gasteiger partial charge in [-0.2, -0.15) is 0 Å². The van der Waals surface area contributed by atoms with Gasteiger partial charge in [0.1, 0.15) is 0 Å². The minimum absolute atomic E-state index is 0.802. The highest BCUT2D eigenvalue weighted by atomic mass is 14.3. The van der Waals surface area contributed by atoms with E-state index in [1.54, 1.807) is 0 Å². The maximum absolute atomic E-state index is 4.03. The van der Waals surface area contributed by atoms with E-state index in [9.17, 15) is 0 Å². The Balaban J connectivity index is 2.08. The molecule has 1 aliphatic rings. The van der Waals surface area contributed by atoms with Gasteiger partial charge < -0.3 is 0 Å². The van der Waals surface area contributed by atoms with Crippen LogP contribution < -0.4 is 0 Å². The van der Waals surface area contributed by atoms with Gasteiger partial charge in [0.25, 0.3) is 0 Å². The number of hydrogen-bond donors (Lipinski definition) is 0. The van der Waals surface area contributed by atoms with Gasteiger partial charge in [0, 0.05) is 0 Å². The van der Waals surface area contributed by atoms with Gasteiger partial charge in [-0.1, -0.05) is 88.9 Å². The monoisotopic (exact) mass is 332 g/mol. The fourth-order valence-electron chi connectivity index (χ4n) is 4.64. The minimum Gasteiger partial charge on any atom is -0.100 e. The Hall–Kier alpha value is -0.520. The van der Waals surface area contributed by atoms with Crippen LogP contribution in [0.5, 0.6) is 0 Å². The molecule has 140 valence electrons. The van der Waals surface area contributed by atoms with Crippen LogP contribution in [0.15, 0.2) is 24.3 Å². The summed E-state index contributed by atoms with van der Waals surface area (Å²) in [6.07, 6.45) is 24.7. The van der Waals surface area contributed by atoms with Gasteiger partial charge in [0.05, 0.1) is 0 Å². The quantitative estimate of drug-likeness (QED) is 0.221. The van der Waals surface area contributed by atoms with Gasteiger partial charge in [0.2, 0.25) is 0 Å². The van der Waals surface area contributed by atoms with Crippen LogP contribution in [0, 0.1) is 17.8 Å². The largest absolute Gasteiger partial charge is 0.100 e. The summed E-state index contributed by atoms with van der Waals surface area (Å²) in [6, 6.07) is 0. The Kier molecular flexibility index (Phi) is 12.3. The lowest BCUT2D eigenvalue weighted by Crippen LogP contribution is -2.10. The third-order valence-electron chi connectivity index (χ3n) is 6.13. The predicted molar refractivity (Wildman–Crippen MR) is 110 cm³/mol. The average Bonchev–Trinajstić information content (AvgIpc) is 3.08. The molecule has 2 unspecified atom stereocenters. The molecule has 0 aromatic carbocycles. The second kappa shape index (κ2) is 13.7. The van der Waals surface area contributed by atoms with E-state index < -0.39 is 0 Å². The molecule has 1 rings (SSSR count). The lowest BCUT2D eigenvalue weighted by atomic mass is 9.84. The number of rotatable bonds is 14. The van der Waals surface area contributed by atoms with Crippen LogP contribution in [0.4, 0.5) is 0 Å². The second-order valence-electron chi connectivity index (χ2n) is 8.34. The maximum atomic E-state index is 4.03. The molecule has 2 atom stereocenters. The molecule has 0 nitrogen and oxygen atoms in total. The van der Waals surface area contributed by atoms with Crippen LogP contribution in [0.3, 0.4) is 0 Å². The van der Waals surface area contributed by atoms with E-state index in [1.165, 1.54) is 95.5 Å². The summed E-state index contributed by atoms with van der Waals surface area (Å²) in [4.78, 5) is 0. The first-order valence-corrected chi connectivity index (χ1v) is 10.9. The summed E-state index contributed by atoms with van der Waals surface area (Å²) in [5, 5.41) is 0. The van der Waals surface area contributed by atoms with Gasteiger partial charge in [-0.3, -0.25) is 0 Å². The molecule has 0 heteroatoms. The summed E-state index contributed by atoms with van der Waals surface area (Å²) < 4.78 is 0. The fourth-order valence-corrected chi connectivity index (χ4v) is 4.64. The van der Waals surface area contributed by atoms with E-state index in [1.807, 2.05) is 0 Å². The zero-order valence-electron chi connectivity index (χ0n) is 17.0. The van der Waals surface area contributed by atoms with Crippen LogP contribution in [0.2, 0.25) is 0 Å². The first kappa shape index (κ1) is 21.5. The molecule has 24 heavy (non-hydrogen) atoms. The van der Waals surface area contributed by atoms with E-state index in [-0.39, 0.29) is 0 Å². The zero-order valence-corrected chi connectivity index (χ0v) is 17.0. The first-order chi connectivity index (χ1) is 11.7. The summed E-state index contributed by atoms with van der Waals surface area (Å²) in [5.41, 5.74) is 1.34. The van der Waals surface area contributed by atoms with E-state index in [0.29, 0.717) is 0 Å². The van der Waals surface area contributed by atoms with Crippen molar-refractivity contribution in [2.45, 2.75) is 111 Å². The van der Waals surface area contributed by atoms with Crippen LogP contribution in [-0.2, 0) is 0 Å². The van der Waals surface area contributed by atoms with Crippen LogP contribution >= 0.6 is 0 Å². The van der Waals surface area contributed by atoms with Crippen LogP contribution in [0.1, 0.15) is 111 Å². The molecule has 1 fully saturated rings. The lowest BCUT2D eigenvalue weighted by molar-refractivity contribution is 0.298. The van der Waals surface area contributed by atoms with Crippen molar-refractivity contribution in [3.8, 4) is 0 Å². The molecule has 0 N–H and O–H groups in total. The SMILES string of the molecule is C=C(C)CCCC(/C=C\C)CCCCCCC(CC)C1CCCC1. The summed E-state index contributed by atoms with van der Waals surface area (Å²) in [7, 11) is 0. The molecule has 1 saturated carbocycles. The van der Waals surface area contributed by atoms with E-state index in [4.69, 9.17) is 0 Å². The van der Waals surface area contributed by atoms with E-state index in [2.05, 4.69) is 39.5 Å². The summed E-state index contributed by atoms with van der Waals surface area (Å²) >= 11 is 0. The molecule has 0 radical (unpaired) electrons. The Labute approximate surface area is 153 Å². The smallest absolute Gasteiger partial charge is 0.0234 e. The van der Waals surface area contributed by atoms with Crippen molar-refractivity contribution >= 4 is 0 Å². The fraction of sp³-hybridized carbons (Fsp3) is 0.833. The molecule has 1 aliphatic carbocycles. The van der Waals surface area contributed by atoms with Crippen molar-refractivity contribution in [1.82, 2.24) is 0 Å². The van der Waals surface area contributed by atoms with Gasteiger partial charge in [-0.25, -0.2) is 0 Å². The molecule has 0 aromatic rings. The van der Waals surface area contributed by atoms with Gasteiger partial charge in [-0.15, -0.1) is 6.58 Å². The highest BCUT2D eigenvalue weighted by Crippen LogP contribution is 2.35. The Morgan fingerprint density at radius 1 is 1.00 bits per heavy atom. The van der Waals surface area contributed by atoms with Gasteiger partial charge in [0.15, 0.2) is 0 Å². The molecule has 0 aromatic heterocycles. The Morgan fingerprint density at radius 2 is 1.62 bits per heavy atom. The number of unbranched alkanes of at least 4 members (excludes halogenated alkanes) is 3. The third-order valence-corrected chi connectivity index (χ3v) is 6.13. The first-order valence-electron chi connectivity index (χ1n) is 10.9. The Bertz CT molecular complexity index is 332. The van der Waals surface area contributed by atoms with E-state index in [0.717, 1.165) is 17.8 Å². The average molecular weight is 333 g/mol. The van der Waals surface area contributed by atoms with Crippen molar-refractivity contribution in [3.63, 3.8) is 0 Å². The Morgan fingerprint density at radius 3 is 2.21 bits per heavy atom. The van der Waals surface area contributed by atoms with Gasteiger partial charge >= 0.3 is 0 Å². The normalized spacial score (nSPS) is 18.3. The molecule has 0 aliphatic heterocycles. The molecule has 0 saturated heterocycles. The highest BCUT2D eigenvalue weighted by Gasteiger charge is 2.22. The number of allylic oxidation sites excluding steroid dienone is 3. The second-order valence-corrected chi connectivity index (χ2v) is 8.34. The standard InChI is InChI=1S/C24H44/c1-5-14-22(17-13-15-21(3)4)16-9-7-8-10-18-23(6-2)24-19-11-12-20-24/h5,14,22-24H,3,6-13,15-20H2,1-2,4H3/b14-5-. The highest BCUT2D eigenvalue weighted by molar-refractivity contribution is 4.90. The van der Waals surface area contributed by atoms with Crippen molar-refractivity contribution in [2.24, 2.45) is 17.8 Å². The minimum atomic E-state index is 0.802.